The number of rotatable bonds is 7. The molecule has 0 unspecified atom stereocenters. The normalized spacial score (nSPS) is 10.8. The number of nitrogens with zero attached hydrogens (tertiary/aromatic N) is 2. The Morgan fingerprint density at radius 3 is 2.68 bits per heavy atom. The summed E-state index contributed by atoms with van der Waals surface area (Å²) < 4.78 is 12.4. The molecule has 130 valence electrons. The predicted octanol–water partition coefficient (Wildman–Crippen LogP) is 2.85. The number of ether oxygens (including phenoxy) is 2. The number of anilines is 1. The standard InChI is InChI=1S/C19H21N3O3/c1-14-19(20-17-5-3-4-10-22(14)17)21-18(23)13-15-6-8-16(9-7-15)25-12-11-24-2/h3-10H,11-13H2,1-2H3,(H,21,23). The summed E-state index contributed by atoms with van der Waals surface area (Å²) in [5, 5.41) is 2.89. The van der Waals surface area contributed by atoms with Gasteiger partial charge in [0, 0.05) is 13.3 Å². The van der Waals surface area contributed by atoms with Gasteiger partial charge in [-0.05, 0) is 36.8 Å². The van der Waals surface area contributed by atoms with E-state index in [1.807, 2.05) is 60.0 Å². The molecule has 0 saturated heterocycles. The fraction of sp³-hybridized carbons (Fsp3) is 0.263. The van der Waals surface area contributed by atoms with Crippen LogP contribution in [0.2, 0.25) is 0 Å². The van der Waals surface area contributed by atoms with Crippen molar-refractivity contribution in [2.24, 2.45) is 0 Å². The molecule has 0 spiro atoms. The van der Waals surface area contributed by atoms with Gasteiger partial charge in [-0.15, -0.1) is 0 Å². The maximum atomic E-state index is 12.3. The third-order valence-corrected chi connectivity index (χ3v) is 3.87. The van der Waals surface area contributed by atoms with Gasteiger partial charge in [-0.3, -0.25) is 4.79 Å². The van der Waals surface area contributed by atoms with Crippen LogP contribution >= 0.6 is 0 Å². The van der Waals surface area contributed by atoms with Crippen LogP contribution in [0.15, 0.2) is 48.7 Å². The summed E-state index contributed by atoms with van der Waals surface area (Å²) in [7, 11) is 1.63. The average Bonchev–Trinajstić information content (AvgIpc) is 2.93. The predicted molar refractivity (Wildman–Crippen MR) is 96.1 cm³/mol. The zero-order valence-electron chi connectivity index (χ0n) is 14.4. The lowest BCUT2D eigenvalue weighted by molar-refractivity contribution is -0.115. The van der Waals surface area contributed by atoms with Crippen LogP contribution in [-0.2, 0) is 16.0 Å². The Morgan fingerprint density at radius 1 is 1.16 bits per heavy atom. The average molecular weight is 339 g/mol. The zero-order valence-corrected chi connectivity index (χ0v) is 14.4. The summed E-state index contributed by atoms with van der Waals surface area (Å²) in [6.45, 7) is 2.98. The Balaban J connectivity index is 1.61. The summed E-state index contributed by atoms with van der Waals surface area (Å²) in [4.78, 5) is 16.7. The second-order valence-corrected chi connectivity index (χ2v) is 5.68. The Bertz CT molecular complexity index is 856. The number of benzene rings is 1. The van der Waals surface area contributed by atoms with Crippen LogP contribution in [0.25, 0.3) is 5.65 Å². The fourth-order valence-electron chi connectivity index (χ4n) is 2.54. The number of carbonyl (C=O) groups excluding carboxylic acids is 1. The SMILES string of the molecule is COCCOc1ccc(CC(=O)Nc2nc3ccccn3c2C)cc1. The first-order valence-electron chi connectivity index (χ1n) is 8.11. The van der Waals surface area contributed by atoms with Crippen molar-refractivity contribution in [3.8, 4) is 5.75 Å². The molecule has 25 heavy (non-hydrogen) atoms. The van der Waals surface area contributed by atoms with Gasteiger partial charge < -0.3 is 19.2 Å². The second-order valence-electron chi connectivity index (χ2n) is 5.68. The van der Waals surface area contributed by atoms with Crippen LogP contribution in [0.4, 0.5) is 5.82 Å². The molecule has 0 saturated carbocycles. The van der Waals surface area contributed by atoms with E-state index in [1.54, 1.807) is 7.11 Å². The van der Waals surface area contributed by atoms with Crippen LogP contribution in [0.5, 0.6) is 5.75 Å². The molecule has 0 atom stereocenters. The number of aromatic nitrogens is 2. The van der Waals surface area contributed by atoms with Crippen LogP contribution in [0.3, 0.4) is 0 Å². The van der Waals surface area contributed by atoms with E-state index in [0.717, 1.165) is 22.7 Å². The summed E-state index contributed by atoms with van der Waals surface area (Å²) in [6, 6.07) is 13.2. The number of amides is 1. The first kappa shape index (κ1) is 17.0. The van der Waals surface area contributed by atoms with Gasteiger partial charge in [0.1, 0.15) is 18.0 Å². The number of imidazole rings is 1. The van der Waals surface area contributed by atoms with Gasteiger partial charge in [0.15, 0.2) is 5.82 Å². The summed E-state index contributed by atoms with van der Waals surface area (Å²) in [5.41, 5.74) is 2.64. The highest BCUT2D eigenvalue weighted by atomic mass is 16.5. The molecule has 0 aliphatic rings. The molecule has 1 amide bonds. The minimum absolute atomic E-state index is 0.0976. The van der Waals surface area contributed by atoms with Crippen LogP contribution < -0.4 is 10.1 Å². The molecule has 3 aromatic rings. The van der Waals surface area contributed by atoms with Crippen molar-refractivity contribution in [2.75, 3.05) is 25.6 Å². The number of fused-ring (bicyclic) bond motifs is 1. The van der Waals surface area contributed by atoms with Crippen molar-refractivity contribution in [2.45, 2.75) is 13.3 Å². The van der Waals surface area contributed by atoms with Crippen molar-refractivity contribution in [1.82, 2.24) is 9.38 Å². The number of pyridine rings is 1. The lowest BCUT2D eigenvalue weighted by atomic mass is 10.1. The molecule has 3 rings (SSSR count). The minimum atomic E-state index is -0.0976. The number of nitrogens with one attached hydrogen (secondary N) is 1. The van der Waals surface area contributed by atoms with Crippen LogP contribution in [-0.4, -0.2) is 35.6 Å². The molecule has 6 heteroatoms. The van der Waals surface area contributed by atoms with E-state index in [0.29, 0.717) is 19.0 Å². The number of methoxy groups -OCH3 is 1. The molecular weight excluding hydrogens is 318 g/mol. The zero-order chi connectivity index (χ0) is 17.6. The second kappa shape index (κ2) is 7.81. The molecule has 0 bridgehead atoms. The van der Waals surface area contributed by atoms with E-state index in [-0.39, 0.29) is 12.3 Å². The molecule has 1 aromatic carbocycles. The van der Waals surface area contributed by atoms with Crippen molar-refractivity contribution in [3.05, 3.63) is 59.9 Å². The number of hydrogen-bond acceptors (Lipinski definition) is 4. The van der Waals surface area contributed by atoms with Gasteiger partial charge in [-0.2, -0.15) is 0 Å². The molecular formula is C19H21N3O3. The Labute approximate surface area is 146 Å². The quantitative estimate of drug-likeness (QED) is 0.672. The van der Waals surface area contributed by atoms with Gasteiger partial charge in [-0.25, -0.2) is 4.98 Å². The van der Waals surface area contributed by atoms with Crippen molar-refractivity contribution >= 4 is 17.4 Å². The molecule has 1 N–H and O–H groups in total. The van der Waals surface area contributed by atoms with Gasteiger partial charge in [0.05, 0.1) is 18.7 Å². The number of aryl methyl sites for hydroxylation is 1. The third-order valence-electron chi connectivity index (χ3n) is 3.87. The molecule has 0 radical (unpaired) electrons. The van der Waals surface area contributed by atoms with E-state index in [9.17, 15) is 4.79 Å². The number of hydrogen-bond donors (Lipinski definition) is 1. The first-order chi connectivity index (χ1) is 12.2. The smallest absolute Gasteiger partial charge is 0.229 e. The van der Waals surface area contributed by atoms with Crippen molar-refractivity contribution < 1.29 is 14.3 Å². The number of carbonyl (C=O) groups is 1. The van der Waals surface area contributed by atoms with Gasteiger partial charge in [0.25, 0.3) is 0 Å². The highest BCUT2D eigenvalue weighted by Gasteiger charge is 2.11. The topological polar surface area (TPSA) is 64.9 Å². The summed E-state index contributed by atoms with van der Waals surface area (Å²) in [5.74, 6) is 1.26. The lowest BCUT2D eigenvalue weighted by Crippen LogP contribution is -2.15. The van der Waals surface area contributed by atoms with Crippen LogP contribution in [0, 0.1) is 6.92 Å². The monoisotopic (exact) mass is 339 g/mol. The van der Waals surface area contributed by atoms with Gasteiger partial charge in [-0.1, -0.05) is 18.2 Å². The molecule has 0 aliphatic heterocycles. The van der Waals surface area contributed by atoms with E-state index in [4.69, 9.17) is 9.47 Å². The first-order valence-corrected chi connectivity index (χ1v) is 8.11. The van der Waals surface area contributed by atoms with Crippen molar-refractivity contribution in [1.29, 1.82) is 0 Å². The summed E-state index contributed by atoms with van der Waals surface area (Å²) in [6.07, 6.45) is 2.21. The largest absolute Gasteiger partial charge is 0.491 e. The van der Waals surface area contributed by atoms with E-state index in [1.165, 1.54) is 0 Å². The fourth-order valence-corrected chi connectivity index (χ4v) is 2.54. The Morgan fingerprint density at radius 2 is 1.96 bits per heavy atom. The van der Waals surface area contributed by atoms with E-state index in [2.05, 4.69) is 10.3 Å². The maximum Gasteiger partial charge on any atom is 0.229 e. The lowest BCUT2D eigenvalue weighted by Gasteiger charge is -2.07. The highest BCUT2D eigenvalue weighted by Crippen LogP contribution is 2.17. The molecule has 2 aromatic heterocycles. The summed E-state index contributed by atoms with van der Waals surface area (Å²) >= 11 is 0. The van der Waals surface area contributed by atoms with Gasteiger partial charge in [0.2, 0.25) is 5.91 Å². The Kier molecular flexibility index (Phi) is 5.30. The molecule has 0 fully saturated rings. The minimum Gasteiger partial charge on any atom is -0.491 e. The maximum absolute atomic E-state index is 12.3. The molecule has 2 heterocycles. The highest BCUT2D eigenvalue weighted by molar-refractivity contribution is 5.92. The van der Waals surface area contributed by atoms with E-state index >= 15 is 0 Å². The molecule has 6 nitrogen and oxygen atoms in total. The third kappa shape index (κ3) is 4.16. The van der Waals surface area contributed by atoms with Crippen LogP contribution in [0.1, 0.15) is 11.3 Å². The molecule has 0 aliphatic carbocycles. The van der Waals surface area contributed by atoms with Crippen molar-refractivity contribution in [3.63, 3.8) is 0 Å². The van der Waals surface area contributed by atoms with Gasteiger partial charge >= 0.3 is 0 Å². The van der Waals surface area contributed by atoms with E-state index < -0.39 is 0 Å². The Hall–Kier alpha value is -2.86.